The number of allylic oxidation sites excluding steroid dienone is 1. The lowest BCUT2D eigenvalue weighted by atomic mass is 9.47. The molecule has 0 aromatic carbocycles. The second-order valence-electron chi connectivity index (χ2n) is 11.3. The van der Waals surface area contributed by atoms with E-state index in [-0.39, 0.29) is 23.5 Å². The molecule has 0 aromatic heterocycles. The molecule has 30 heavy (non-hydrogen) atoms. The minimum Gasteiger partial charge on any atom is -0.462 e. The van der Waals surface area contributed by atoms with E-state index >= 15 is 0 Å². The fourth-order valence-electron chi connectivity index (χ4n) is 7.88. The lowest BCUT2D eigenvalue weighted by Crippen LogP contribution is -2.51. The predicted molar refractivity (Wildman–Crippen MR) is 118 cm³/mol. The number of carbonyl (C=O) groups excluding carboxylic acids is 2. The van der Waals surface area contributed by atoms with Crippen LogP contribution >= 0.6 is 0 Å². The Kier molecular flexibility index (Phi) is 4.52. The quantitative estimate of drug-likeness (QED) is 0.499. The third-order valence-electron chi connectivity index (χ3n) is 9.80. The lowest BCUT2D eigenvalue weighted by Gasteiger charge is -2.57. The van der Waals surface area contributed by atoms with Gasteiger partial charge in [0.05, 0.1) is 1.37 Å². The maximum Gasteiger partial charge on any atom is 0.306 e. The van der Waals surface area contributed by atoms with Crippen molar-refractivity contribution in [3.05, 3.63) is 11.6 Å². The number of fused-ring (bicyclic) bond motifs is 5. The van der Waals surface area contributed by atoms with Crippen LogP contribution in [0.4, 0.5) is 0 Å². The summed E-state index contributed by atoms with van der Waals surface area (Å²) < 4.78 is 32.9. The highest BCUT2D eigenvalue weighted by molar-refractivity contribution is 5.91. The van der Waals surface area contributed by atoms with Crippen molar-refractivity contribution >= 4 is 11.8 Å². The minimum absolute atomic E-state index is 0.0100. The molecule has 4 fully saturated rings. The second kappa shape index (κ2) is 7.78. The molecule has 4 saturated carbocycles. The van der Waals surface area contributed by atoms with Crippen molar-refractivity contribution < 1.29 is 18.4 Å². The van der Waals surface area contributed by atoms with E-state index in [9.17, 15) is 11.0 Å². The first-order valence-electron chi connectivity index (χ1n) is 14.0. The van der Waals surface area contributed by atoms with Gasteiger partial charge < -0.3 is 4.74 Å². The van der Waals surface area contributed by atoms with Gasteiger partial charge in [0.15, 0.2) is 5.78 Å². The van der Waals surface area contributed by atoms with Gasteiger partial charge in [0, 0.05) is 21.0 Å². The summed E-state index contributed by atoms with van der Waals surface area (Å²) in [5.74, 6) is 1.19. The van der Waals surface area contributed by atoms with Gasteiger partial charge in [-0.3, -0.25) is 9.59 Å². The molecular weight excluding hydrogens is 372 g/mol. The molecule has 5 aliphatic carbocycles. The Morgan fingerprint density at radius 2 is 1.93 bits per heavy atom. The fraction of sp³-hybridized carbons (Fsp3) is 0.852. The molecule has 166 valence electrons. The molecule has 6 atom stereocenters. The number of hydrogen-bond acceptors (Lipinski definition) is 3. The fourth-order valence-corrected chi connectivity index (χ4v) is 7.88. The Morgan fingerprint density at radius 1 is 1.13 bits per heavy atom. The summed E-state index contributed by atoms with van der Waals surface area (Å²) in [4.78, 5) is 24.9. The van der Waals surface area contributed by atoms with Crippen LogP contribution in [0.25, 0.3) is 0 Å². The highest BCUT2D eigenvalue weighted by Crippen LogP contribution is 2.65. The highest BCUT2D eigenvalue weighted by atomic mass is 16.5. The van der Waals surface area contributed by atoms with Crippen LogP contribution in [0.1, 0.15) is 108 Å². The molecule has 0 aromatic rings. The molecule has 0 unspecified atom stereocenters. The zero-order valence-corrected chi connectivity index (χ0v) is 18.8. The summed E-state index contributed by atoms with van der Waals surface area (Å²) in [5, 5.41) is 0. The molecule has 0 saturated heterocycles. The van der Waals surface area contributed by atoms with E-state index in [0.29, 0.717) is 37.0 Å². The zero-order valence-electron chi connectivity index (χ0n) is 21.8. The number of rotatable bonds is 4. The van der Waals surface area contributed by atoms with Gasteiger partial charge in [-0.2, -0.15) is 0 Å². The summed E-state index contributed by atoms with van der Waals surface area (Å²) in [6, 6.07) is 0. The third kappa shape index (κ3) is 3.39. The number of ketones is 1. The van der Waals surface area contributed by atoms with Crippen molar-refractivity contribution in [3.63, 3.8) is 0 Å². The van der Waals surface area contributed by atoms with Crippen LogP contribution < -0.4 is 0 Å². The summed E-state index contributed by atoms with van der Waals surface area (Å²) in [7, 11) is 0. The summed E-state index contributed by atoms with van der Waals surface area (Å²) in [6.07, 6.45) is 9.35. The maximum absolute atomic E-state index is 12.9. The summed E-state index contributed by atoms with van der Waals surface area (Å²) >= 11 is 0. The Morgan fingerprint density at radius 3 is 2.73 bits per heavy atom. The number of carbonyl (C=O) groups is 2. The average molecular weight is 416 g/mol. The van der Waals surface area contributed by atoms with Crippen LogP contribution in [0.3, 0.4) is 0 Å². The average Bonchev–Trinajstić information content (AvgIpc) is 3.32. The molecule has 0 N–H and O–H groups in total. The van der Waals surface area contributed by atoms with Gasteiger partial charge in [0.25, 0.3) is 0 Å². The Bertz CT molecular complexity index is 863. The molecule has 0 bridgehead atoms. The number of hydrogen-bond donors (Lipinski definition) is 0. The van der Waals surface area contributed by atoms with E-state index in [1.54, 1.807) is 0 Å². The van der Waals surface area contributed by atoms with Crippen LogP contribution in [0.15, 0.2) is 11.6 Å². The van der Waals surface area contributed by atoms with Gasteiger partial charge in [0.2, 0.25) is 0 Å². The monoisotopic (exact) mass is 415 g/mol. The van der Waals surface area contributed by atoms with Crippen LogP contribution in [-0.2, 0) is 14.3 Å². The molecule has 5 aliphatic rings. The summed E-state index contributed by atoms with van der Waals surface area (Å²) in [6.45, 7) is 4.33. The Labute approximate surface area is 186 Å². The second-order valence-corrected chi connectivity index (χ2v) is 11.3. The largest absolute Gasteiger partial charge is 0.462 e. The van der Waals surface area contributed by atoms with E-state index < -0.39 is 23.8 Å². The molecule has 0 aliphatic heterocycles. The SMILES string of the molecule is [2H]C1([2H])C[C@H]2[C@@H]3CCC4=CC(=O)CC[C@]4(C)[C@H]3CC[C@]2(C)[C@]1([2H])OC(=O)CCC1CCCC1. The van der Waals surface area contributed by atoms with Crippen LogP contribution in [0.2, 0.25) is 0 Å². The molecule has 0 heterocycles. The maximum atomic E-state index is 12.9. The van der Waals surface area contributed by atoms with Crippen molar-refractivity contribution in [2.45, 2.75) is 110 Å². The van der Waals surface area contributed by atoms with Gasteiger partial charge >= 0.3 is 5.97 Å². The third-order valence-corrected chi connectivity index (χ3v) is 9.80. The Balaban J connectivity index is 1.37. The van der Waals surface area contributed by atoms with Gasteiger partial charge in [-0.25, -0.2) is 0 Å². The van der Waals surface area contributed by atoms with Crippen LogP contribution in [0.5, 0.6) is 0 Å². The van der Waals surface area contributed by atoms with E-state index in [0.717, 1.165) is 32.1 Å². The highest BCUT2D eigenvalue weighted by Gasteiger charge is 2.59. The van der Waals surface area contributed by atoms with Crippen LogP contribution in [-0.4, -0.2) is 17.8 Å². The summed E-state index contributed by atoms with van der Waals surface area (Å²) in [5.41, 5.74) is 0.624. The molecule has 3 nitrogen and oxygen atoms in total. The number of esters is 1. The van der Waals surface area contributed by atoms with Crippen molar-refractivity contribution in [3.8, 4) is 0 Å². The zero-order chi connectivity index (χ0) is 23.6. The predicted octanol–water partition coefficient (Wildman–Crippen LogP) is 6.40. The normalized spacial score (nSPS) is 49.1. The van der Waals surface area contributed by atoms with Gasteiger partial charge in [-0.1, -0.05) is 45.1 Å². The van der Waals surface area contributed by atoms with E-state index in [2.05, 4.69) is 6.92 Å². The van der Waals surface area contributed by atoms with E-state index in [1.165, 1.54) is 31.3 Å². The van der Waals surface area contributed by atoms with Crippen molar-refractivity contribution in [2.75, 3.05) is 0 Å². The first-order chi connectivity index (χ1) is 15.5. The molecule has 3 heteroatoms. The molecule has 0 amide bonds. The van der Waals surface area contributed by atoms with Crippen molar-refractivity contribution in [1.82, 2.24) is 0 Å². The van der Waals surface area contributed by atoms with E-state index in [1.807, 2.05) is 13.0 Å². The van der Waals surface area contributed by atoms with Gasteiger partial charge in [-0.15, -0.1) is 0 Å². The van der Waals surface area contributed by atoms with Crippen molar-refractivity contribution in [1.29, 1.82) is 0 Å². The topological polar surface area (TPSA) is 43.4 Å². The molecule has 0 radical (unpaired) electrons. The first kappa shape index (κ1) is 17.4. The minimum atomic E-state index is -1.86. The van der Waals surface area contributed by atoms with Crippen molar-refractivity contribution in [2.24, 2.45) is 34.5 Å². The molecule has 0 spiro atoms. The molecule has 5 rings (SSSR count). The van der Waals surface area contributed by atoms with Gasteiger partial charge in [-0.05, 0) is 86.5 Å². The van der Waals surface area contributed by atoms with E-state index in [4.69, 9.17) is 7.48 Å². The first-order valence-corrected chi connectivity index (χ1v) is 12.5. The standard InChI is InChI=1S/C27H40O3/c1-26-15-13-20(28)17-19(26)8-9-21-22-10-11-24(27(22,2)16-14-23(21)26)30-25(29)12-7-18-5-3-4-6-18/h17-18,21-24H,3-16H2,1-2H3/t21-,22-,23-,24+,26-,27-/m0/s1/i11D2,24D. The van der Waals surface area contributed by atoms with Crippen LogP contribution in [0, 0.1) is 34.5 Å². The van der Waals surface area contributed by atoms with Gasteiger partial charge in [0.1, 0.15) is 6.08 Å². The smallest absolute Gasteiger partial charge is 0.306 e. The lowest BCUT2D eigenvalue weighted by molar-refractivity contribution is -0.160. The Hall–Kier alpha value is -1.12. The molecular formula is C27H40O3. The number of ether oxygens (including phenoxy) is 1.